The maximum atomic E-state index is 11.8. The summed E-state index contributed by atoms with van der Waals surface area (Å²) in [6, 6.07) is 8.95. The van der Waals surface area contributed by atoms with Crippen LogP contribution in [0.5, 0.6) is 0 Å². The van der Waals surface area contributed by atoms with Gasteiger partial charge in [-0.25, -0.2) is 9.78 Å². The Morgan fingerprint density at radius 3 is 2.89 bits per heavy atom. The molecule has 0 saturated heterocycles. The zero-order valence-electron chi connectivity index (χ0n) is 10.3. The number of aromatic nitrogens is 1. The lowest BCUT2D eigenvalue weighted by molar-refractivity contribution is 0.0438. The van der Waals surface area contributed by atoms with Crippen LogP contribution in [0.2, 0.25) is 0 Å². The molecule has 2 heterocycles. The fraction of sp³-hybridized carbons (Fsp3) is 0.143. The van der Waals surface area contributed by atoms with Crippen molar-refractivity contribution in [3.63, 3.8) is 0 Å². The number of hydrogen-bond donors (Lipinski definition) is 0. The summed E-state index contributed by atoms with van der Waals surface area (Å²) in [5.41, 5.74) is 1.83. The fourth-order valence-electron chi connectivity index (χ4n) is 1.78. The van der Waals surface area contributed by atoms with Crippen molar-refractivity contribution in [3.05, 3.63) is 53.8 Å². The van der Waals surface area contributed by atoms with Crippen molar-refractivity contribution < 1.29 is 18.4 Å². The number of para-hydroxylation sites is 2. The Labute approximate surface area is 108 Å². The summed E-state index contributed by atoms with van der Waals surface area (Å²) >= 11 is 0. The summed E-state index contributed by atoms with van der Waals surface area (Å²) in [6.45, 7) is 1.70. The Balaban J connectivity index is 1.72. The monoisotopic (exact) mass is 257 g/mol. The summed E-state index contributed by atoms with van der Waals surface area (Å²) < 4.78 is 15.6. The van der Waals surface area contributed by atoms with Gasteiger partial charge in [0.05, 0.1) is 6.26 Å². The van der Waals surface area contributed by atoms with E-state index < -0.39 is 5.97 Å². The van der Waals surface area contributed by atoms with Crippen LogP contribution in [0.4, 0.5) is 0 Å². The zero-order chi connectivity index (χ0) is 13.2. The third kappa shape index (κ3) is 2.22. The number of ether oxygens (including phenoxy) is 1. The molecule has 5 heteroatoms. The smallest absolute Gasteiger partial charge is 0.342 e. The first-order valence-corrected chi connectivity index (χ1v) is 5.80. The van der Waals surface area contributed by atoms with Crippen LogP contribution in [-0.4, -0.2) is 11.0 Å². The van der Waals surface area contributed by atoms with E-state index in [2.05, 4.69) is 4.98 Å². The molecular weight excluding hydrogens is 246 g/mol. The molecule has 0 unspecified atom stereocenters. The van der Waals surface area contributed by atoms with E-state index in [1.807, 2.05) is 24.3 Å². The molecule has 0 fully saturated rings. The predicted molar refractivity (Wildman–Crippen MR) is 66.6 cm³/mol. The average Bonchev–Trinajstić information content (AvgIpc) is 3.01. The van der Waals surface area contributed by atoms with Gasteiger partial charge in [0.15, 0.2) is 12.2 Å². The second kappa shape index (κ2) is 4.61. The van der Waals surface area contributed by atoms with Crippen LogP contribution in [0.15, 0.2) is 45.4 Å². The van der Waals surface area contributed by atoms with Gasteiger partial charge in [-0.05, 0) is 25.1 Å². The van der Waals surface area contributed by atoms with Gasteiger partial charge in [0, 0.05) is 0 Å². The van der Waals surface area contributed by atoms with Crippen LogP contribution < -0.4 is 0 Å². The van der Waals surface area contributed by atoms with Crippen LogP contribution >= 0.6 is 0 Å². The Bertz CT molecular complexity index is 693. The van der Waals surface area contributed by atoms with E-state index in [9.17, 15) is 4.79 Å². The standard InChI is InChI=1S/C14H11NO4/c1-9-10(6-7-17-9)14(16)18-8-13-15-11-4-2-3-5-12(11)19-13/h2-7H,8H2,1H3. The normalized spacial score (nSPS) is 10.8. The maximum absolute atomic E-state index is 11.8. The number of benzene rings is 1. The molecule has 1 aromatic carbocycles. The molecule has 0 spiro atoms. The molecule has 0 aliphatic carbocycles. The van der Waals surface area contributed by atoms with Gasteiger partial charge in [0.25, 0.3) is 0 Å². The maximum Gasteiger partial charge on any atom is 0.342 e. The molecule has 0 radical (unpaired) electrons. The van der Waals surface area contributed by atoms with Crippen molar-refractivity contribution in [1.29, 1.82) is 0 Å². The Morgan fingerprint density at radius 2 is 2.16 bits per heavy atom. The Kier molecular flexibility index (Phi) is 2.79. The van der Waals surface area contributed by atoms with Gasteiger partial charge in [-0.2, -0.15) is 0 Å². The van der Waals surface area contributed by atoms with Crippen molar-refractivity contribution in [2.75, 3.05) is 0 Å². The molecule has 0 atom stereocenters. The lowest BCUT2D eigenvalue weighted by Crippen LogP contribution is -2.05. The largest absolute Gasteiger partial charge is 0.469 e. The van der Waals surface area contributed by atoms with Gasteiger partial charge >= 0.3 is 5.97 Å². The van der Waals surface area contributed by atoms with E-state index in [0.29, 0.717) is 22.8 Å². The van der Waals surface area contributed by atoms with E-state index in [1.165, 1.54) is 6.26 Å². The van der Waals surface area contributed by atoms with E-state index >= 15 is 0 Å². The first-order valence-electron chi connectivity index (χ1n) is 5.80. The Morgan fingerprint density at radius 1 is 1.32 bits per heavy atom. The summed E-state index contributed by atoms with van der Waals surface area (Å²) in [6.07, 6.45) is 1.45. The van der Waals surface area contributed by atoms with Gasteiger partial charge < -0.3 is 13.6 Å². The molecule has 3 aromatic rings. The van der Waals surface area contributed by atoms with E-state index in [1.54, 1.807) is 13.0 Å². The topological polar surface area (TPSA) is 65.5 Å². The molecule has 0 amide bonds. The van der Waals surface area contributed by atoms with Gasteiger partial charge in [-0.15, -0.1) is 0 Å². The number of carbonyl (C=O) groups is 1. The average molecular weight is 257 g/mol. The molecule has 5 nitrogen and oxygen atoms in total. The SMILES string of the molecule is Cc1occc1C(=O)OCc1nc2ccccc2o1. The molecule has 0 N–H and O–H groups in total. The Hall–Kier alpha value is -2.56. The minimum absolute atomic E-state index is 0.00185. The molecule has 2 aromatic heterocycles. The highest BCUT2D eigenvalue weighted by Crippen LogP contribution is 2.16. The molecule has 3 rings (SSSR count). The second-order valence-corrected chi connectivity index (χ2v) is 4.04. The van der Waals surface area contributed by atoms with Gasteiger partial charge in [0.2, 0.25) is 5.89 Å². The van der Waals surface area contributed by atoms with E-state index in [0.717, 1.165) is 5.52 Å². The highest BCUT2D eigenvalue weighted by molar-refractivity contribution is 5.90. The quantitative estimate of drug-likeness (QED) is 0.674. The van der Waals surface area contributed by atoms with Crippen molar-refractivity contribution in [2.45, 2.75) is 13.5 Å². The number of aryl methyl sites for hydroxylation is 1. The summed E-state index contributed by atoms with van der Waals surface area (Å²) in [5, 5.41) is 0. The summed E-state index contributed by atoms with van der Waals surface area (Å²) in [4.78, 5) is 16.0. The van der Waals surface area contributed by atoms with Crippen molar-refractivity contribution in [3.8, 4) is 0 Å². The van der Waals surface area contributed by atoms with Crippen LogP contribution in [-0.2, 0) is 11.3 Å². The predicted octanol–water partition coefficient (Wildman–Crippen LogP) is 3.09. The molecule has 0 bridgehead atoms. The van der Waals surface area contributed by atoms with Crippen molar-refractivity contribution >= 4 is 17.1 Å². The molecule has 0 aliphatic rings. The summed E-state index contributed by atoms with van der Waals surface area (Å²) in [7, 11) is 0. The minimum Gasteiger partial charge on any atom is -0.469 e. The molecule has 0 saturated carbocycles. The lowest BCUT2D eigenvalue weighted by atomic mass is 10.3. The third-order valence-corrected chi connectivity index (χ3v) is 2.74. The van der Waals surface area contributed by atoms with Crippen LogP contribution in [0.3, 0.4) is 0 Å². The van der Waals surface area contributed by atoms with E-state index in [-0.39, 0.29) is 6.61 Å². The molecular formula is C14H11NO4. The van der Waals surface area contributed by atoms with Crippen LogP contribution in [0, 0.1) is 6.92 Å². The lowest BCUT2D eigenvalue weighted by Gasteiger charge is -2.00. The number of rotatable bonds is 3. The number of hydrogen-bond acceptors (Lipinski definition) is 5. The number of oxazole rings is 1. The fourth-order valence-corrected chi connectivity index (χ4v) is 1.78. The number of esters is 1. The molecule has 96 valence electrons. The highest BCUT2D eigenvalue weighted by atomic mass is 16.5. The first kappa shape index (κ1) is 11.5. The van der Waals surface area contributed by atoms with E-state index in [4.69, 9.17) is 13.6 Å². The first-order chi connectivity index (χ1) is 9.24. The minimum atomic E-state index is -0.450. The second-order valence-electron chi connectivity index (χ2n) is 4.04. The number of carbonyl (C=O) groups excluding carboxylic acids is 1. The van der Waals surface area contributed by atoms with Crippen molar-refractivity contribution in [2.24, 2.45) is 0 Å². The van der Waals surface area contributed by atoms with Gasteiger partial charge in [0.1, 0.15) is 16.8 Å². The van der Waals surface area contributed by atoms with Crippen molar-refractivity contribution in [1.82, 2.24) is 4.98 Å². The summed E-state index contributed by atoms with van der Waals surface area (Å²) in [5.74, 6) is 0.451. The van der Waals surface area contributed by atoms with Gasteiger partial charge in [-0.1, -0.05) is 12.1 Å². The van der Waals surface area contributed by atoms with Gasteiger partial charge in [-0.3, -0.25) is 0 Å². The van der Waals surface area contributed by atoms with Crippen LogP contribution in [0.25, 0.3) is 11.1 Å². The third-order valence-electron chi connectivity index (χ3n) is 2.74. The zero-order valence-corrected chi connectivity index (χ0v) is 10.3. The number of furan rings is 1. The number of nitrogens with zero attached hydrogens (tertiary/aromatic N) is 1. The number of fused-ring (bicyclic) bond motifs is 1. The highest BCUT2D eigenvalue weighted by Gasteiger charge is 2.14. The van der Waals surface area contributed by atoms with Crippen LogP contribution in [0.1, 0.15) is 22.0 Å². The molecule has 0 aliphatic heterocycles. The molecule has 19 heavy (non-hydrogen) atoms.